The molecule has 1 saturated heterocycles. The summed E-state index contributed by atoms with van der Waals surface area (Å²) in [5, 5.41) is 13.1. The van der Waals surface area contributed by atoms with Crippen LogP contribution in [0.5, 0.6) is 5.75 Å². The van der Waals surface area contributed by atoms with Crippen LogP contribution in [0.4, 0.5) is 4.39 Å². The Labute approximate surface area is 150 Å². The molecule has 2 heterocycles. The Bertz CT molecular complexity index is 766. The second-order valence-corrected chi connectivity index (χ2v) is 6.48. The molecule has 0 aliphatic carbocycles. The Morgan fingerprint density at radius 3 is 2.80 bits per heavy atom. The number of halogens is 2. The van der Waals surface area contributed by atoms with E-state index in [4.69, 9.17) is 11.6 Å². The lowest BCUT2D eigenvalue weighted by atomic mass is 10.1. The van der Waals surface area contributed by atoms with Crippen molar-refractivity contribution in [3.05, 3.63) is 58.6 Å². The van der Waals surface area contributed by atoms with Crippen molar-refractivity contribution in [2.75, 3.05) is 19.6 Å². The molecule has 0 spiro atoms. The lowest BCUT2D eigenvalue weighted by Gasteiger charge is -2.28. The first-order valence-electron chi connectivity index (χ1n) is 8.17. The second kappa shape index (κ2) is 7.80. The second-order valence-electron chi connectivity index (χ2n) is 6.05. The molecule has 2 aromatic rings. The van der Waals surface area contributed by atoms with Gasteiger partial charge in [-0.05, 0) is 43.6 Å². The topological polar surface area (TPSA) is 65.5 Å². The number of hydrogen-bond donors (Lipinski definition) is 2. The van der Waals surface area contributed by atoms with Crippen molar-refractivity contribution < 1.29 is 14.3 Å². The highest BCUT2D eigenvalue weighted by atomic mass is 35.5. The van der Waals surface area contributed by atoms with Crippen molar-refractivity contribution in [1.29, 1.82) is 0 Å². The zero-order chi connectivity index (χ0) is 17.8. The zero-order valence-corrected chi connectivity index (χ0v) is 14.3. The zero-order valence-electron chi connectivity index (χ0n) is 13.6. The predicted molar refractivity (Wildman–Crippen MR) is 93.2 cm³/mol. The SMILES string of the molecule is O=C(NCC(c1cccc(Cl)c1)N1CCCC1)c1ncc(F)cc1O. The van der Waals surface area contributed by atoms with Gasteiger partial charge in [-0.1, -0.05) is 23.7 Å². The molecule has 1 fully saturated rings. The fourth-order valence-electron chi connectivity index (χ4n) is 3.10. The van der Waals surface area contributed by atoms with Gasteiger partial charge in [0.25, 0.3) is 5.91 Å². The van der Waals surface area contributed by atoms with Crippen molar-refractivity contribution in [3.8, 4) is 5.75 Å². The molecule has 1 aromatic heterocycles. The maximum Gasteiger partial charge on any atom is 0.273 e. The number of amides is 1. The normalized spacial score (nSPS) is 15.9. The van der Waals surface area contributed by atoms with Crippen molar-refractivity contribution in [2.24, 2.45) is 0 Å². The van der Waals surface area contributed by atoms with E-state index in [0.717, 1.165) is 43.8 Å². The van der Waals surface area contributed by atoms with Crippen LogP contribution in [0.25, 0.3) is 0 Å². The number of benzene rings is 1. The minimum atomic E-state index is -0.692. The molecule has 7 heteroatoms. The van der Waals surface area contributed by atoms with Gasteiger partial charge >= 0.3 is 0 Å². The molecule has 0 saturated carbocycles. The van der Waals surface area contributed by atoms with Gasteiger partial charge in [-0.15, -0.1) is 0 Å². The number of nitrogens with one attached hydrogen (secondary N) is 1. The van der Waals surface area contributed by atoms with Crippen LogP contribution >= 0.6 is 11.6 Å². The Balaban J connectivity index is 1.75. The van der Waals surface area contributed by atoms with Gasteiger partial charge in [0.05, 0.1) is 12.2 Å². The highest BCUT2D eigenvalue weighted by Crippen LogP contribution is 2.26. The third-order valence-electron chi connectivity index (χ3n) is 4.32. The smallest absolute Gasteiger partial charge is 0.273 e. The molecule has 1 atom stereocenters. The van der Waals surface area contributed by atoms with Crippen LogP contribution < -0.4 is 5.32 Å². The van der Waals surface area contributed by atoms with Gasteiger partial charge in [-0.2, -0.15) is 0 Å². The Morgan fingerprint density at radius 2 is 2.12 bits per heavy atom. The van der Waals surface area contributed by atoms with Crippen LogP contribution in [0.3, 0.4) is 0 Å². The number of rotatable bonds is 5. The summed E-state index contributed by atoms with van der Waals surface area (Å²) in [6.45, 7) is 2.25. The van der Waals surface area contributed by atoms with E-state index in [1.54, 1.807) is 0 Å². The van der Waals surface area contributed by atoms with E-state index in [1.807, 2.05) is 24.3 Å². The fraction of sp³-hybridized carbons (Fsp3) is 0.333. The maximum atomic E-state index is 13.0. The highest BCUT2D eigenvalue weighted by molar-refractivity contribution is 6.30. The highest BCUT2D eigenvalue weighted by Gasteiger charge is 2.25. The van der Waals surface area contributed by atoms with E-state index in [0.29, 0.717) is 11.6 Å². The van der Waals surface area contributed by atoms with Gasteiger partial charge < -0.3 is 10.4 Å². The van der Waals surface area contributed by atoms with Gasteiger partial charge in [0.1, 0.15) is 11.6 Å². The molecular formula is C18H19ClFN3O2. The third kappa shape index (κ3) is 4.27. The molecule has 1 amide bonds. The van der Waals surface area contributed by atoms with Crippen molar-refractivity contribution in [1.82, 2.24) is 15.2 Å². The Kier molecular flexibility index (Phi) is 5.50. The molecule has 0 radical (unpaired) electrons. The summed E-state index contributed by atoms with van der Waals surface area (Å²) >= 11 is 6.11. The standard InChI is InChI=1S/C18H19ClFN3O2/c19-13-5-3-4-12(8-13)15(23-6-1-2-7-23)11-22-18(25)17-16(24)9-14(20)10-21-17/h3-5,8-10,15,24H,1-2,6-7,11H2,(H,22,25). The van der Waals surface area contributed by atoms with Crippen molar-refractivity contribution in [2.45, 2.75) is 18.9 Å². The van der Waals surface area contributed by atoms with Crippen molar-refractivity contribution >= 4 is 17.5 Å². The summed E-state index contributed by atoms with van der Waals surface area (Å²) in [5.41, 5.74) is 0.832. The van der Waals surface area contributed by atoms with Crippen LogP contribution in [0.15, 0.2) is 36.5 Å². The first-order valence-corrected chi connectivity index (χ1v) is 8.54. The van der Waals surface area contributed by atoms with Crippen LogP contribution in [0.1, 0.15) is 34.9 Å². The number of nitrogens with zero attached hydrogens (tertiary/aromatic N) is 2. The molecule has 1 aliphatic rings. The van der Waals surface area contributed by atoms with Gasteiger partial charge in [0.15, 0.2) is 5.69 Å². The fourth-order valence-corrected chi connectivity index (χ4v) is 3.30. The van der Waals surface area contributed by atoms with Crippen LogP contribution in [-0.2, 0) is 0 Å². The van der Waals surface area contributed by atoms with Gasteiger partial charge in [-0.3, -0.25) is 9.69 Å². The quantitative estimate of drug-likeness (QED) is 0.856. The molecular weight excluding hydrogens is 345 g/mol. The van der Waals surface area contributed by atoms with E-state index >= 15 is 0 Å². The third-order valence-corrected chi connectivity index (χ3v) is 4.56. The van der Waals surface area contributed by atoms with Crippen LogP contribution in [0, 0.1) is 5.82 Å². The number of aromatic hydroxyl groups is 1. The Hall–Kier alpha value is -2.18. The molecule has 25 heavy (non-hydrogen) atoms. The minimum absolute atomic E-state index is 0.0206. The summed E-state index contributed by atoms with van der Waals surface area (Å²) in [6, 6.07) is 8.42. The summed E-state index contributed by atoms with van der Waals surface area (Å²) in [5.74, 6) is -1.70. The first-order chi connectivity index (χ1) is 12.0. The lowest BCUT2D eigenvalue weighted by molar-refractivity contribution is 0.0930. The number of aromatic nitrogens is 1. The molecule has 1 aromatic carbocycles. The summed E-state index contributed by atoms with van der Waals surface area (Å²) in [6.07, 6.45) is 3.14. The number of carbonyl (C=O) groups is 1. The molecule has 1 unspecified atom stereocenters. The van der Waals surface area contributed by atoms with E-state index in [1.165, 1.54) is 0 Å². The lowest BCUT2D eigenvalue weighted by Crippen LogP contribution is -2.37. The largest absolute Gasteiger partial charge is 0.505 e. The molecule has 3 rings (SSSR count). The van der Waals surface area contributed by atoms with Gasteiger partial charge in [0, 0.05) is 17.6 Å². The minimum Gasteiger partial charge on any atom is -0.505 e. The number of hydrogen-bond acceptors (Lipinski definition) is 4. The molecule has 132 valence electrons. The van der Waals surface area contributed by atoms with E-state index in [9.17, 15) is 14.3 Å². The van der Waals surface area contributed by atoms with Gasteiger partial charge in [0.2, 0.25) is 0 Å². The van der Waals surface area contributed by atoms with E-state index in [-0.39, 0.29) is 11.7 Å². The number of pyridine rings is 1. The van der Waals surface area contributed by atoms with E-state index < -0.39 is 17.5 Å². The maximum absolute atomic E-state index is 13.0. The van der Waals surface area contributed by atoms with Crippen LogP contribution in [0.2, 0.25) is 5.02 Å². The summed E-state index contributed by atoms with van der Waals surface area (Å²) < 4.78 is 13.0. The molecule has 5 nitrogen and oxygen atoms in total. The summed E-state index contributed by atoms with van der Waals surface area (Å²) in [4.78, 5) is 18.3. The molecule has 2 N–H and O–H groups in total. The number of carbonyl (C=O) groups excluding carboxylic acids is 1. The predicted octanol–water partition coefficient (Wildman–Crippen LogP) is 3.15. The summed E-state index contributed by atoms with van der Waals surface area (Å²) in [7, 11) is 0. The first kappa shape index (κ1) is 17.6. The van der Waals surface area contributed by atoms with Crippen molar-refractivity contribution in [3.63, 3.8) is 0 Å². The average Bonchev–Trinajstić information content (AvgIpc) is 3.09. The van der Waals surface area contributed by atoms with Crippen LogP contribution in [-0.4, -0.2) is 40.5 Å². The van der Waals surface area contributed by atoms with Gasteiger partial charge in [-0.25, -0.2) is 9.37 Å². The molecule has 1 aliphatic heterocycles. The monoisotopic (exact) mass is 363 g/mol. The average molecular weight is 364 g/mol. The van der Waals surface area contributed by atoms with E-state index in [2.05, 4.69) is 15.2 Å². The number of likely N-dealkylation sites (tertiary alicyclic amines) is 1. The molecule has 0 bridgehead atoms. The Morgan fingerprint density at radius 1 is 1.36 bits per heavy atom.